The molecule has 5 nitrogen and oxygen atoms in total. The SMILES string of the molecule is CC(C)CNCc1cc2c(c(-c3cc4cc(CN5CCCCC5)ccc4[nH]3)c1)C(=O)NC2. The first-order chi connectivity index (χ1) is 15.6. The van der Waals surface area contributed by atoms with Crippen molar-refractivity contribution in [3.8, 4) is 11.3 Å². The molecule has 0 radical (unpaired) electrons. The van der Waals surface area contributed by atoms with Crippen molar-refractivity contribution in [2.45, 2.75) is 52.7 Å². The number of rotatable bonds is 7. The maximum Gasteiger partial charge on any atom is 0.252 e. The summed E-state index contributed by atoms with van der Waals surface area (Å²) in [6, 6.07) is 13.3. The molecule has 3 N–H and O–H groups in total. The molecule has 5 rings (SSSR count). The maximum absolute atomic E-state index is 12.6. The number of H-pyrrole nitrogens is 1. The maximum atomic E-state index is 12.6. The van der Waals surface area contributed by atoms with E-state index in [0.717, 1.165) is 47.5 Å². The predicted molar refractivity (Wildman–Crippen MR) is 131 cm³/mol. The van der Waals surface area contributed by atoms with Gasteiger partial charge in [-0.15, -0.1) is 0 Å². The van der Waals surface area contributed by atoms with Gasteiger partial charge in [-0.1, -0.05) is 32.4 Å². The minimum atomic E-state index is 0.0288. The molecule has 1 fully saturated rings. The average molecular weight is 431 g/mol. The number of hydrogen-bond donors (Lipinski definition) is 3. The number of aromatic nitrogens is 1. The molecule has 1 amide bonds. The summed E-state index contributed by atoms with van der Waals surface area (Å²) < 4.78 is 0. The van der Waals surface area contributed by atoms with Crippen molar-refractivity contribution in [2.75, 3.05) is 19.6 Å². The number of likely N-dealkylation sites (tertiary alicyclic amines) is 1. The summed E-state index contributed by atoms with van der Waals surface area (Å²) in [5.74, 6) is 0.640. The number of nitrogens with zero attached hydrogens (tertiary/aromatic N) is 1. The molecular weight excluding hydrogens is 396 g/mol. The minimum absolute atomic E-state index is 0.0288. The van der Waals surface area contributed by atoms with E-state index in [2.05, 4.69) is 70.8 Å². The Morgan fingerprint density at radius 3 is 2.69 bits per heavy atom. The third-order valence-corrected chi connectivity index (χ3v) is 6.66. The quantitative estimate of drug-likeness (QED) is 0.504. The lowest BCUT2D eigenvalue weighted by molar-refractivity contribution is 0.0966. The highest BCUT2D eigenvalue weighted by Gasteiger charge is 2.25. The van der Waals surface area contributed by atoms with Gasteiger partial charge in [0.1, 0.15) is 0 Å². The lowest BCUT2D eigenvalue weighted by Crippen LogP contribution is -2.28. The van der Waals surface area contributed by atoms with E-state index < -0.39 is 0 Å². The van der Waals surface area contributed by atoms with Crippen LogP contribution in [-0.2, 0) is 19.6 Å². The first kappa shape index (κ1) is 21.2. The van der Waals surface area contributed by atoms with Crippen LogP contribution in [0.1, 0.15) is 60.2 Å². The zero-order chi connectivity index (χ0) is 22.1. The summed E-state index contributed by atoms with van der Waals surface area (Å²) in [6.45, 7) is 10.3. The van der Waals surface area contributed by atoms with Crippen LogP contribution in [0.15, 0.2) is 36.4 Å². The van der Waals surface area contributed by atoms with Crippen molar-refractivity contribution >= 4 is 16.8 Å². The lowest BCUT2D eigenvalue weighted by Gasteiger charge is -2.26. The Balaban J connectivity index is 1.45. The van der Waals surface area contributed by atoms with E-state index in [-0.39, 0.29) is 5.91 Å². The van der Waals surface area contributed by atoms with E-state index in [1.54, 1.807) is 0 Å². The number of fused-ring (bicyclic) bond motifs is 2. The molecule has 2 aromatic carbocycles. The van der Waals surface area contributed by atoms with Crippen LogP contribution in [-0.4, -0.2) is 35.4 Å². The summed E-state index contributed by atoms with van der Waals surface area (Å²) in [7, 11) is 0. The molecule has 3 aromatic rings. The van der Waals surface area contributed by atoms with E-state index in [1.165, 1.54) is 48.9 Å². The van der Waals surface area contributed by atoms with Crippen LogP contribution >= 0.6 is 0 Å². The van der Waals surface area contributed by atoms with Gasteiger partial charge in [0.05, 0.1) is 5.56 Å². The number of nitrogens with one attached hydrogen (secondary N) is 3. The summed E-state index contributed by atoms with van der Waals surface area (Å²) in [5.41, 5.74) is 7.65. The largest absolute Gasteiger partial charge is 0.355 e. The highest BCUT2D eigenvalue weighted by Crippen LogP contribution is 2.33. The van der Waals surface area contributed by atoms with E-state index in [4.69, 9.17) is 0 Å². The van der Waals surface area contributed by atoms with Crippen molar-refractivity contribution in [3.63, 3.8) is 0 Å². The highest BCUT2D eigenvalue weighted by atomic mass is 16.1. The van der Waals surface area contributed by atoms with Gasteiger partial charge >= 0.3 is 0 Å². The second kappa shape index (κ2) is 9.08. The standard InChI is InChI=1S/C27H34N4O/c1-18(2)14-28-15-20-11-22-16-29-27(32)26(22)23(12-20)25-13-21-10-19(6-7-24(21)30-25)17-31-8-4-3-5-9-31/h6-7,10-13,18,28,30H,3-5,8-9,14-17H2,1-2H3,(H,29,32). The van der Waals surface area contributed by atoms with Crippen LogP contribution < -0.4 is 10.6 Å². The Kier molecular flexibility index (Phi) is 6.03. The number of benzene rings is 2. The lowest BCUT2D eigenvalue weighted by atomic mass is 9.97. The zero-order valence-electron chi connectivity index (χ0n) is 19.3. The van der Waals surface area contributed by atoms with Gasteiger partial charge in [0.25, 0.3) is 5.91 Å². The van der Waals surface area contributed by atoms with E-state index in [0.29, 0.717) is 12.5 Å². The fourth-order valence-electron chi connectivity index (χ4n) is 5.06. The molecular formula is C27H34N4O. The molecule has 5 heteroatoms. The van der Waals surface area contributed by atoms with Crippen molar-refractivity contribution in [3.05, 3.63) is 58.7 Å². The van der Waals surface area contributed by atoms with Gasteiger partial charge in [0, 0.05) is 41.8 Å². The van der Waals surface area contributed by atoms with Crippen LogP contribution in [0.5, 0.6) is 0 Å². The Hall–Kier alpha value is -2.63. The van der Waals surface area contributed by atoms with Gasteiger partial charge in [-0.25, -0.2) is 0 Å². The van der Waals surface area contributed by atoms with Gasteiger partial charge < -0.3 is 15.6 Å². The van der Waals surface area contributed by atoms with Crippen molar-refractivity contribution in [2.24, 2.45) is 5.92 Å². The fraction of sp³-hybridized carbons (Fsp3) is 0.444. The second-order valence-corrected chi connectivity index (χ2v) is 9.83. The van der Waals surface area contributed by atoms with Crippen LogP contribution in [0.2, 0.25) is 0 Å². The Morgan fingerprint density at radius 1 is 1.03 bits per heavy atom. The van der Waals surface area contributed by atoms with Gasteiger partial charge in [-0.3, -0.25) is 9.69 Å². The first-order valence-corrected chi connectivity index (χ1v) is 12.1. The van der Waals surface area contributed by atoms with Gasteiger partial charge in [0.2, 0.25) is 0 Å². The number of hydrogen-bond acceptors (Lipinski definition) is 3. The molecule has 0 unspecified atom stereocenters. The minimum Gasteiger partial charge on any atom is -0.355 e. The van der Waals surface area contributed by atoms with E-state index in [1.807, 2.05) is 0 Å². The molecule has 3 heterocycles. The molecule has 0 bridgehead atoms. The molecule has 1 saturated heterocycles. The Morgan fingerprint density at radius 2 is 1.88 bits per heavy atom. The molecule has 0 saturated carbocycles. The number of carbonyl (C=O) groups excluding carboxylic acids is 1. The van der Waals surface area contributed by atoms with E-state index in [9.17, 15) is 4.79 Å². The average Bonchev–Trinajstić information content (AvgIpc) is 3.37. The molecule has 0 atom stereocenters. The summed E-state index contributed by atoms with van der Waals surface area (Å²) in [6.07, 6.45) is 3.98. The van der Waals surface area contributed by atoms with E-state index >= 15 is 0 Å². The molecule has 32 heavy (non-hydrogen) atoms. The second-order valence-electron chi connectivity index (χ2n) is 9.83. The zero-order valence-corrected chi connectivity index (χ0v) is 19.3. The molecule has 0 spiro atoms. The van der Waals surface area contributed by atoms with Crippen LogP contribution in [0.4, 0.5) is 0 Å². The monoisotopic (exact) mass is 430 g/mol. The predicted octanol–water partition coefficient (Wildman–Crippen LogP) is 4.81. The van der Waals surface area contributed by atoms with Crippen molar-refractivity contribution in [1.82, 2.24) is 20.5 Å². The van der Waals surface area contributed by atoms with Gasteiger partial charge in [0.15, 0.2) is 0 Å². The summed E-state index contributed by atoms with van der Waals surface area (Å²) in [5, 5.41) is 7.75. The summed E-state index contributed by atoms with van der Waals surface area (Å²) >= 11 is 0. The van der Waals surface area contributed by atoms with Crippen LogP contribution in [0.25, 0.3) is 22.2 Å². The third kappa shape index (κ3) is 4.45. The Bertz CT molecular complexity index is 1120. The molecule has 1 aromatic heterocycles. The number of piperidine rings is 1. The normalized spacial score (nSPS) is 16.7. The summed E-state index contributed by atoms with van der Waals surface area (Å²) in [4.78, 5) is 18.8. The van der Waals surface area contributed by atoms with Crippen LogP contribution in [0.3, 0.4) is 0 Å². The fourth-order valence-corrected chi connectivity index (χ4v) is 5.06. The van der Waals surface area contributed by atoms with Crippen molar-refractivity contribution in [1.29, 1.82) is 0 Å². The molecule has 2 aliphatic heterocycles. The van der Waals surface area contributed by atoms with Gasteiger partial charge in [-0.2, -0.15) is 0 Å². The Labute approximate surface area is 190 Å². The highest BCUT2D eigenvalue weighted by molar-refractivity contribution is 6.05. The number of carbonyl (C=O) groups is 1. The molecule has 0 aliphatic carbocycles. The van der Waals surface area contributed by atoms with Crippen molar-refractivity contribution < 1.29 is 4.79 Å². The first-order valence-electron chi connectivity index (χ1n) is 12.1. The van der Waals surface area contributed by atoms with Crippen LogP contribution in [0, 0.1) is 5.92 Å². The molecule has 2 aliphatic rings. The number of amides is 1. The molecule has 168 valence electrons. The topological polar surface area (TPSA) is 60.2 Å². The van der Waals surface area contributed by atoms with Gasteiger partial charge in [-0.05, 0) is 79.3 Å². The third-order valence-electron chi connectivity index (χ3n) is 6.66. The smallest absolute Gasteiger partial charge is 0.252 e. The number of aromatic amines is 1.